The molecule has 0 saturated carbocycles. The molecule has 176 valence electrons. The highest BCUT2D eigenvalue weighted by molar-refractivity contribution is 6.02. The van der Waals surface area contributed by atoms with E-state index >= 15 is 4.39 Å². The van der Waals surface area contributed by atoms with Gasteiger partial charge in [0.15, 0.2) is 5.82 Å². The molecule has 0 atom stereocenters. The first-order valence-corrected chi connectivity index (χ1v) is 9.72. The van der Waals surface area contributed by atoms with Gasteiger partial charge in [-0.3, -0.25) is 9.67 Å². The zero-order chi connectivity index (χ0) is 25.2. The first-order valence-electron chi connectivity index (χ1n) is 9.72. The third kappa shape index (κ3) is 4.47. The standard InChI is InChI=1S/C21H15F2N3O.C2HF3O2/c1-3-9-26-21-12(11-25-26)10-24-20(19(21)23)18-15-5-7-16(22)13(4-2)14(15)6-8-17(18)27;3-2(4,5)1(6)7/h2,5-8,10-11,27H,3,9H2,1H3;(H,6,7). The summed E-state index contributed by atoms with van der Waals surface area (Å²) in [5, 5.41) is 23.2. The molecule has 0 fully saturated rings. The summed E-state index contributed by atoms with van der Waals surface area (Å²) in [7, 11) is 0. The van der Waals surface area contributed by atoms with Crippen molar-refractivity contribution in [3.05, 3.63) is 53.9 Å². The van der Waals surface area contributed by atoms with Crippen molar-refractivity contribution in [3.63, 3.8) is 0 Å². The van der Waals surface area contributed by atoms with Gasteiger partial charge < -0.3 is 10.2 Å². The Morgan fingerprint density at radius 3 is 2.38 bits per heavy atom. The number of hydrogen-bond acceptors (Lipinski definition) is 4. The summed E-state index contributed by atoms with van der Waals surface area (Å²) < 4.78 is 62.7. The molecule has 11 heteroatoms. The van der Waals surface area contributed by atoms with E-state index in [9.17, 15) is 22.7 Å². The van der Waals surface area contributed by atoms with Crippen LogP contribution in [0.2, 0.25) is 0 Å². The van der Waals surface area contributed by atoms with Crippen LogP contribution < -0.4 is 0 Å². The molecule has 2 aromatic heterocycles. The quantitative estimate of drug-likeness (QED) is 0.311. The second-order valence-corrected chi connectivity index (χ2v) is 7.02. The van der Waals surface area contributed by atoms with E-state index in [0.29, 0.717) is 28.2 Å². The number of carbonyl (C=O) groups is 1. The van der Waals surface area contributed by atoms with Gasteiger partial charge in [-0.15, -0.1) is 6.42 Å². The lowest BCUT2D eigenvalue weighted by Crippen LogP contribution is -2.21. The molecule has 2 N–H and O–H groups in total. The summed E-state index contributed by atoms with van der Waals surface area (Å²) in [6, 6.07) is 5.56. The van der Waals surface area contributed by atoms with Gasteiger partial charge in [0, 0.05) is 23.5 Å². The van der Waals surface area contributed by atoms with Crippen LogP contribution in [0.3, 0.4) is 0 Å². The Morgan fingerprint density at radius 1 is 1.15 bits per heavy atom. The third-order valence-corrected chi connectivity index (χ3v) is 4.80. The van der Waals surface area contributed by atoms with Crippen LogP contribution in [-0.4, -0.2) is 37.1 Å². The normalized spacial score (nSPS) is 11.2. The molecule has 0 radical (unpaired) electrons. The van der Waals surface area contributed by atoms with Crippen molar-refractivity contribution in [2.45, 2.75) is 26.1 Å². The van der Waals surface area contributed by atoms with Crippen molar-refractivity contribution < 1.29 is 37.0 Å². The number of carboxylic acid groups (broad SMARTS) is 1. The SMILES string of the molecule is C#Cc1c(F)ccc2c(-c3ncc4cnn(CCC)c4c3F)c(O)ccc12.O=C(O)C(F)(F)F. The number of halogens is 5. The van der Waals surface area contributed by atoms with Crippen LogP contribution in [-0.2, 0) is 11.3 Å². The molecular weight excluding hydrogens is 461 g/mol. The van der Waals surface area contributed by atoms with Gasteiger partial charge in [-0.1, -0.05) is 18.9 Å². The maximum absolute atomic E-state index is 15.4. The Bertz CT molecular complexity index is 1440. The summed E-state index contributed by atoms with van der Waals surface area (Å²) in [6.45, 7) is 2.53. The molecular formula is C23H16F5N3O3. The van der Waals surface area contributed by atoms with Gasteiger partial charge in [-0.25, -0.2) is 13.6 Å². The van der Waals surface area contributed by atoms with E-state index in [1.807, 2.05) is 6.92 Å². The molecule has 0 unspecified atom stereocenters. The van der Waals surface area contributed by atoms with Crippen LogP contribution in [0.1, 0.15) is 18.9 Å². The van der Waals surface area contributed by atoms with E-state index in [2.05, 4.69) is 16.0 Å². The monoisotopic (exact) mass is 477 g/mol. The number of phenols is 1. The van der Waals surface area contributed by atoms with Gasteiger partial charge in [-0.2, -0.15) is 18.3 Å². The number of hydrogen-bond donors (Lipinski definition) is 2. The fraction of sp³-hybridized carbons (Fsp3) is 0.174. The third-order valence-electron chi connectivity index (χ3n) is 4.80. The Labute approximate surface area is 189 Å². The molecule has 2 heterocycles. The molecule has 4 aromatic rings. The lowest BCUT2D eigenvalue weighted by molar-refractivity contribution is -0.192. The van der Waals surface area contributed by atoms with E-state index in [1.54, 1.807) is 10.9 Å². The number of aromatic hydroxyl groups is 1. The van der Waals surface area contributed by atoms with Gasteiger partial charge in [0.25, 0.3) is 0 Å². The van der Waals surface area contributed by atoms with Crippen molar-refractivity contribution in [3.8, 4) is 29.4 Å². The first kappa shape index (κ1) is 24.4. The number of alkyl halides is 3. The topological polar surface area (TPSA) is 88.2 Å². The number of nitrogens with zero attached hydrogens (tertiary/aromatic N) is 3. The van der Waals surface area contributed by atoms with Crippen LogP contribution in [0.4, 0.5) is 22.0 Å². The van der Waals surface area contributed by atoms with Crippen molar-refractivity contribution in [2.75, 3.05) is 0 Å². The molecule has 0 bridgehead atoms. The second kappa shape index (κ2) is 9.35. The number of carboxylic acids is 1. The molecule has 2 aromatic carbocycles. The highest BCUT2D eigenvalue weighted by atomic mass is 19.4. The molecule has 34 heavy (non-hydrogen) atoms. The maximum atomic E-state index is 15.4. The summed E-state index contributed by atoms with van der Waals surface area (Å²) in [6.07, 6.45) is 4.21. The Kier molecular flexibility index (Phi) is 6.72. The van der Waals surface area contributed by atoms with Crippen LogP contribution in [0.15, 0.2) is 36.7 Å². The first-order chi connectivity index (χ1) is 16.0. The average molecular weight is 477 g/mol. The minimum Gasteiger partial charge on any atom is -0.507 e. The molecule has 0 aliphatic rings. The van der Waals surface area contributed by atoms with E-state index in [1.165, 1.54) is 30.5 Å². The van der Waals surface area contributed by atoms with Gasteiger partial charge >= 0.3 is 12.1 Å². The Hall–Kier alpha value is -4.20. The van der Waals surface area contributed by atoms with Crippen molar-refractivity contribution in [1.82, 2.24) is 14.8 Å². The molecule has 0 amide bonds. The number of pyridine rings is 1. The minimum atomic E-state index is -5.08. The van der Waals surface area contributed by atoms with Crippen molar-refractivity contribution in [1.29, 1.82) is 0 Å². The molecule has 0 aliphatic heterocycles. The van der Waals surface area contributed by atoms with Gasteiger partial charge in [0.05, 0.1) is 17.3 Å². The largest absolute Gasteiger partial charge is 0.507 e. The lowest BCUT2D eigenvalue weighted by atomic mass is 9.96. The lowest BCUT2D eigenvalue weighted by Gasteiger charge is -2.12. The van der Waals surface area contributed by atoms with Crippen LogP contribution in [0.5, 0.6) is 5.75 Å². The van der Waals surface area contributed by atoms with Crippen molar-refractivity contribution >= 4 is 27.6 Å². The number of phenolic OH excluding ortho intramolecular Hbond substituents is 1. The molecule has 4 rings (SSSR count). The number of fused-ring (bicyclic) bond motifs is 2. The van der Waals surface area contributed by atoms with Crippen LogP contribution >= 0.6 is 0 Å². The minimum absolute atomic E-state index is 0.0296. The van der Waals surface area contributed by atoms with Crippen molar-refractivity contribution in [2.24, 2.45) is 0 Å². The second-order valence-electron chi connectivity index (χ2n) is 7.02. The molecule has 6 nitrogen and oxygen atoms in total. The van der Waals surface area contributed by atoms with E-state index in [0.717, 1.165) is 6.42 Å². The zero-order valence-corrected chi connectivity index (χ0v) is 17.5. The zero-order valence-electron chi connectivity index (χ0n) is 17.5. The van der Waals surface area contributed by atoms with E-state index in [-0.39, 0.29) is 22.6 Å². The van der Waals surface area contributed by atoms with Gasteiger partial charge in [-0.05, 0) is 30.0 Å². The number of rotatable bonds is 3. The predicted molar refractivity (Wildman–Crippen MR) is 114 cm³/mol. The maximum Gasteiger partial charge on any atom is 0.490 e. The van der Waals surface area contributed by atoms with Crippen LogP contribution in [0.25, 0.3) is 32.9 Å². The number of aromatic nitrogens is 3. The number of terminal acetylenes is 1. The summed E-state index contributed by atoms with van der Waals surface area (Å²) in [4.78, 5) is 13.1. The average Bonchev–Trinajstić information content (AvgIpc) is 3.18. The van der Waals surface area contributed by atoms with E-state index < -0.39 is 23.8 Å². The molecule has 0 saturated heterocycles. The summed E-state index contributed by atoms with van der Waals surface area (Å²) >= 11 is 0. The highest BCUT2D eigenvalue weighted by Crippen LogP contribution is 2.39. The predicted octanol–water partition coefficient (Wildman–Crippen LogP) is 5.26. The summed E-state index contributed by atoms with van der Waals surface area (Å²) in [5.41, 5.74) is 0.523. The number of aliphatic carboxylic acids is 1. The van der Waals surface area contributed by atoms with Crippen LogP contribution in [0, 0.1) is 24.0 Å². The van der Waals surface area contributed by atoms with Gasteiger partial charge in [0.2, 0.25) is 0 Å². The fourth-order valence-electron chi connectivity index (χ4n) is 3.36. The summed E-state index contributed by atoms with van der Waals surface area (Å²) in [5.74, 6) is -1.74. The number of aryl methyl sites for hydroxylation is 1. The molecule has 0 aliphatic carbocycles. The fourth-order valence-corrected chi connectivity index (χ4v) is 3.36. The number of benzene rings is 2. The Balaban J connectivity index is 0.000000406. The van der Waals surface area contributed by atoms with E-state index in [4.69, 9.17) is 16.3 Å². The Morgan fingerprint density at radius 2 is 1.79 bits per heavy atom. The highest BCUT2D eigenvalue weighted by Gasteiger charge is 2.38. The van der Waals surface area contributed by atoms with Gasteiger partial charge in [0.1, 0.15) is 22.8 Å². The smallest absolute Gasteiger partial charge is 0.490 e. The molecule has 0 spiro atoms.